The molecule has 0 atom stereocenters. The molecule has 0 fully saturated rings. The van der Waals surface area contributed by atoms with E-state index in [1.165, 1.54) is 7.11 Å². The van der Waals surface area contributed by atoms with Crippen LogP contribution in [0.1, 0.15) is 5.89 Å². The van der Waals surface area contributed by atoms with Crippen molar-refractivity contribution in [2.45, 2.75) is 6.61 Å². The van der Waals surface area contributed by atoms with Crippen LogP contribution in [-0.4, -0.2) is 11.5 Å². The highest BCUT2D eigenvalue weighted by atomic mass is 32.1. The van der Waals surface area contributed by atoms with Gasteiger partial charge in [0.05, 0.1) is 0 Å². The summed E-state index contributed by atoms with van der Waals surface area (Å²) in [5.74, 6) is 0.340. The maximum atomic E-state index is 10.3. The summed E-state index contributed by atoms with van der Waals surface area (Å²) in [4.78, 5) is 9.91. The molecule has 0 spiro atoms. The summed E-state index contributed by atoms with van der Waals surface area (Å²) in [6.07, 6.45) is 0. The highest BCUT2D eigenvalue weighted by Gasteiger charge is 1.98. The molecular weight excluding hydrogens is 142 g/mol. The molecule has 0 aromatic carbocycles. The van der Waals surface area contributed by atoms with E-state index < -0.39 is 0 Å². The van der Waals surface area contributed by atoms with Crippen molar-refractivity contribution in [3.8, 4) is 0 Å². The molecule has 1 aromatic heterocycles. The lowest BCUT2D eigenvalue weighted by Crippen LogP contribution is -1.87. The molecule has 0 aliphatic carbocycles. The van der Waals surface area contributed by atoms with Crippen LogP contribution in [0.3, 0.4) is 0 Å². The van der Waals surface area contributed by atoms with Gasteiger partial charge in [0, 0.05) is 18.6 Å². The molecule has 9 heavy (non-hydrogen) atoms. The molecule has 0 aliphatic heterocycles. The SMILES string of the molecule is COCc1nsc(=O)o1. The molecule has 50 valence electrons. The monoisotopic (exact) mass is 147 g/mol. The van der Waals surface area contributed by atoms with Gasteiger partial charge in [0.15, 0.2) is 0 Å². The summed E-state index contributed by atoms with van der Waals surface area (Å²) >= 11 is 0.792. The molecule has 0 radical (unpaired) electrons. The Hall–Kier alpha value is -0.680. The topological polar surface area (TPSA) is 52.3 Å². The van der Waals surface area contributed by atoms with Crippen molar-refractivity contribution in [1.29, 1.82) is 0 Å². The number of hydrogen-bond donors (Lipinski definition) is 0. The van der Waals surface area contributed by atoms with Gasteiger partial charge >= 0.3 is 4.94 Å². The van der Waals surface area contributed by atoms with Crippen LogP contribution in [0, 0.1) is 0 Å². The van der Waals surface area contributed by atoms with E-state index in [0.29, 0.717) is 5.89 Å². The second-order valence-electron chi connectivity index (χ2n) is 1.36. The largest absolute Gasteiger partial charge is 0.414 e. The average Bonchev–Trinajstić information content (AvgIpc) is 2.17. The van der Waals surface area contributed by atoms with E-state index >= 15 is 0 Å². The number of hydrogen-bond acceptors (Lipinski definition) is 5. The van der Waals surface area contributed by atoms with Gasteiger partial charge in [-0.2, -0.15) is 4.37 Å². The number of methoxy groups -OCH3 is 1. The van der Waals surface area contributed by atoms with Crippen LogP contribution in [-0.2, 0) is 11.3 Å². The molecule has 0 aliphatic rings. The molecule has 0 N–H and O–H groups in total. The van der Waals surface area contributed by atoms with Crippen molar-refractivity contribution >= 4 is 11.5 Å². The van der Waals surface area contributed by atoms with Crippen molar-refractivity contribution in [1.82, 2.24) is 4.37 Å². The van der Waals surface area contributed by atoms with E-state index in [1.54, 1.807) is 0 Å². The van der Waals surface area contributed by atoms with E-state index in [4.69, 9.17) is 0 Å². The van der Waals surface area contributed by atoms with Crippen LogP contribution >= 0.6 is 11.5 Å². The first kappa shape index (κ1) is 6.44. The van der Waals surface area contributed by atoms with Crippen LogP contribution in [0.2, 0.25) is 0 Å². The molecule has 4 nitrogen and oxygen atoms in total. The zero-order chi connectivity index (χ0) is 6.69. The van der Waals surface area contributed by atoms with E-state index in [0.717, 1.165) is 11.5 Å². The van der Waals surface area contributed by atoms with Crippen LogP contribution in [0.4, 0.5) is 0 Å². The van der Waals surface area contributed by atoms with Crippen molar-refractivity contribution in [2.24, 2.45) is 0 Å². The third kappa shape index (κ3) is 1.62. The summed E-state index contributed by atoms with van der Waals surface area (Å²) in [5.41, 5.74) is 0. The second kappa shape index (κ2) is 2.75. The highest BCUT2D eigenvalue weighted by Crippen LogP contribution is 1.93. The van der Waals surface area contributed by atoms with Gasteiger partial charge in [-0.3, -0.25) is 0 Å². The molecule has 0 saturated heterocycles. The summed E-state index contributed by atoms with van der Waals surface area (Å²) in [6, 6.07) is 0. The van der Waals surface area contributed by atoms with Gasteiger partial charge in [0.1, 0.15) is 6.61 Å². The average molecular weight is 147 g/mol. The van der Waals surface area contributed by atoms with Gasteiger partial charge in [0.2, 0.25) is 5.89 Å². The molecular formula is C4H5NO3S. The number of rotatable bonds is 2. The van der Waals surface area contributed by atoms with Gasteiger partial charge in [-0.25, -0.2) is 4.79 Å². The summed E-state index contributed by atoms with van der Waals surface area (Å²) in [7, 11) is 1.51. The highest BCUT2D eigenvalue weighted by molar-refractivity contribution is 7.02. The van der Waals surface area contributed by atoms with E-state index in [2.05, 4.69) is 13.5 Å². The third-order valence-corrected chi connectivity index (χ3v) is 1.22. The van der Waals surface area contributed by atoms with E-state index in [9.17, 15) is 4.79 Å². The van der Waals surface area contributed by atoms with Crippen molar-refractivity contribution in [3.63, 3.8) is 0 Å². The first-order valence-electron chi connectivity index (χ1n) is 2.27. The zero-order valence-corrected chi connectivity index (χ0v) is 5.60. The Kier molecular flexibility index (Phi) is 1.96. The van der Waals surface area contributed by atoms with Gasteiger partial charge in [-0.05, 0) is 0 Å². The van der Waals surface area contributed by atoms with Crippen LogP contribution in [0.5, 0.6) is 0 Å². The number of ether oxygens (including phenoxy) is 1. The van der Waals surface area contributed by atoms with Crippen molar-refractivity contribution < 1.29 is 9.15 Å². The van der Waals surface area contributed by atoms with Crippen LogP contribution in [0.15, 0.2) is 9.21 Å². The predicted octanol–water partition coefficient (Wildman–Crippen LogP) is 0.243. The van der Waals surface area contributed by atoms with Gasteiger partial charge < -0.3 is 9.15 Å². The summed E-state index contributed by atoms with van der Waals surface area (Å²) < 4.78 is 12.8. The minimum absolute atomic E-state index is 0.263. The second-order valence-corrected chi connectivity index (χ2v) is 2.06. The van der Waals surface area contributed by atoms with Crippen LogP contribution < -0.4 is 4.94 Å². The molecule has 5 heteroatoms. The molecule has 0 amide bonds. The Morgan fingerprint density at radius 3 is 3.11 bits per heavy atom. The zero-order valence-electron chi connectivity index (χ0n) is 4.79. The molecule has 0 unspecified atom stereocenters. The maximum Gasteiger partial charge on any atom is 0.414 e. The predicted molar refractivity (Wildman–Crippen MR) is 31.4 cm³/mol. The lowest BCUT2D eigenvalue weighted by molar-refractivity contribution is 0.158. The first-order chi connectivity index (χ1) is 4.33. The molecule has 0 bridgehead atoms. The maximum absolute atomic E-state index is 10.3. The molecule has 1 aromatic rings. The van der Waals surface area contributed by atoms with E-state index in [1.807, 2.05) is 0 Å². The Morgan fingerprint density at radius 1 is 1.89 bits per heavy atom. The lowest BCUT2D eigenvalue weighted by atomic mass is 10.7. The van der Waals surface area contributed by atoms with E-state index in [-0.39, 0.29) is 11.5 Å². The quantitative estimate of drug-likeness (QED) is 0.601. The fraction of sp³-hybridized carbons (Fsp3) is 0.500. The standard InChI is InChI=1S/C4H5NO3S/c1-7-2-3-5-9-4(6)8-3/h2H2,1H3. The van der Waals surface area contributed by atoms with Crippen molar-refractivity contribution in [2.75, 3.05) is 7.11 Å². The number of nitrogens with zero attached hydrogens (tertiary/aromatic N) is 1. The molecule has 1 rings (SSSR count). The minimum atomic E-state index is -0.387. The van der Waals surface area contributed by atoms with Gasteiger partial charge in [0.25, 0.3) is 0 Å². The summed E-state index contributed by atoms with van der Waals surface area (Å²) in [6.45, 7) is 0.263. The normalized spacial score (nSPS) is 9.89. The smallest absolute Gasteiger partial charge is 0.396 e. The van der Waals surface area contributed by atoms with Gasteiger partial charge in [-0.15, -0.1) is 0 Å². The Morgan fingerprint density at radius 2 is 2.67 bits per heavy atom. The fourth-order valence-electron chi connectivity index (χ4n) is 0.401. The Balaban J connectivity index is 2.73. The first-order valence-corrected chi connectivity index (χ1v) is 3.05. The third-order valence-electron chi connectivity index (χ3n) is 0.691. The molecule has 0 saturated carbocycles. The fourth-order valence-corrected chi connectivity index (χ4v) is 0.801. The van der Waals surface area contributed by atoms with Gasteiger partial charge in [-0.1, -0.05) is 0 Å². The lowest BCUT2D eigenvalue weighted by Gasteiger charge is -1.85. The van der Waals surface area contributed by atoms with Crippen molar-refractivity contribution in [3.05, 3.63) is 15.6 Å². The Bertz CT molecular complexity index is 228. The minimum Gasteiger partial charge on any atom is -0.396 e. The number of aromatic nitrogens is 1. The summed E-state index contributed by atoms with van der Waals surface area (Å²) in [5, 5.41) is 0. The van der Waals surface area contributed by atoms with Crippen LogP contribution in [0.25, 0.3) is 0 Å². The molecule has 1 heterocycles. The Labute approximate surface area is 55.2 Å².